The van der Waals surface area contributed by atoms with Crippen LogP contribution in [0.3, 0.4) is 0 Å². The topological polar surface area (TPSA) is 95.0 Å². The molecular formula is C23H28N2O5. The first-order valence-electron chi connectivity index (χ1n) is 10.4. The van der Waals surface area contributed by atoms with Crippen molar-refractivity contribution in [3.63, 3.8) is 0 Å². The zero-order valence-electron chi connectivity index (χ0n) is 17.6. The number of H-pyrrole nitrogens is 1. The SMILES string of the molecule is COc1ccc2c(c1)[C@]13CCN(C)[C@H](C2)[C@]1(O)Cc1cc(C(O)OC)c(=O)[nH]c1C3. The second-order valence-corrected chi connectivity index (χ2v) is 8.98. The van der Waals surface area contributed by atoms with Crippen molar-refractivity contribution in [2.45, 2.75) is 49.0 Å². The molecular weight excluding hydrogens is 384 g/mol. The third kappa shape index (κ3) is 2.49. The number of hydrogen-bond donors (Lipinski definition) is 3. The molecule has 0 radical (unpaired) electrons. The van der Waals surface area contributed by atoms with Crippen molar-refractivity contribution in [1.29, 1.82) is 0 Å². The number of likely N-dealkylation sites (tertiary alicyclic amines) is 1. The number of fused-ring (bicyclic) bond motifs is 2. The van der Waals surface area contributed by atoms with E-state index in [1.807, 2.05) is 6.07 Å². The Kier molecular flexibility index (Phi) is 4.38. The summed E-state index contributed by atoms with van der Waals surface area (Å²) in [4.78, 5) is 17.9. The number of rotatable bonds is 3. The third-order valence-electron chi connectivity index (χ3n) is 7.72. The van der Waals surface area contributed by atoms with E-state index < -0.39 is 17.3 Å². The minimum absolute atomic E-state index is 0.0250. The number of methoxy groups -OCH3 is 2. The molecule has 1 aromatic heterocycles. The molecule has 2 heterocycles. The van der Waals surface area contributed by atoms with Gasteiger partial charge in [-0.3, -0.25) is 4.79 Å². The molecule has 0 amide bonds. The molecule has 1 aromatic carbocycles. The van der Waals surface area contributed by atoms with E-state index in [1.165, 1.54) is 12.7 Å². The number of pyridine rings is 1. The van der Waals surface area contributed by atoms with Gasteiger partial charge in [-0.1, -0.05) is 6.07 Å². The lowest BCUT2D eigenvalue weighted by Crippen LogP contribution is -2.73. The molecule has 0 saturated carbocycles. The molecule has 1 saturated heterocycles. The van der Waals surface area contributed by atoms with E-state index in [4.69, 9.17) is 9.47 Å². The maximum atomic E-state index is 12.6. The minimum atomic E-state index is -1.29. The fourth-order valence-electron chi connectivity index (χ4n) is 6.10. The summed E-state index contributed by atoms with van der Waals surface area (Å²) in [6, 6.07) is 7.82. The van der Waals surface area contributed by atoms with Gasteiger partial charge >= 0.3 is 0 Å². The Morgan fingerprint density at radius 2 is 2.03 bits per heavy atom. The number of likely N-dealkylation sites (N-methyl/N-ethyl adjacent to an activating group) is 1. The fraction of sp³-hybridized carbons (Fsp3) is 0.522. The largest absolute Gasteiger partial charge is 0.497 e. The Hall–Kier alpha value is -2.19. The zero-order chi connectivity index (χ0) is 21.3. The van der Waals surface area contributed by atoms with Gasteiger partial charge in [-0.05, 0) is 61.3 Å². The molecule has 2 aliphatic carbocycles. The van der Waals surface area contributed by atoms with Crippen LogP contribution in [0.25, 0.3) is 0 Å². The monoisotopic (exact) mass is 412 g/mol. The molecule has 4 atom stereocenters. The molecule has 0 spiro atoms. The highest BCUT2D eigenvalue weighted by Gasteiger charge is 2.64. The van der Waals surface area contributed by atoms with E-state index in [0.29, 0.717) is 12.8 Å². The summed E-state index contributed by atoms with van der Waals surface area (Å²) < 4.78 is 10.5. The molecule has 7 nitrogen and oxygen atoms in total. The lowest BCUT2D eigenvalue weighted by Gasteiger charge is -2.63. The molecule has 2 aromatic rings. The number of aromatic nitrogens is 1. The smallest absolute Gasteiger partial charge is 0.256 e. The predicted molar refractivity (Wildman–Crippen MR) is 111 cm³/mol. The number of aromatic amines is 1. The van der Waals surface area contributed by atoms with Gasteiger partial charge in [0.05, 0.1) is 18.3 Å². The number of piperidine rings is 1. The minimum Gasteiger partial charge on any atom is -0.497 e. The van der Waals surface area contributed by atoms with E-state index in [0.717, 1.165) is 42.0 Å². The Morgan fingerprint density at radius 1 is 1.23 bits per heavy atom. The van der Waals surface area contributed by atoms with Gasteiger partial charge in [-0.25, -0.2) is 0 Å². The highest BCUT2D eigenvalue weighted by molar-refractivity contribution is 5.52. The van der Waals surface area contributed by atoms with Gasteiger partial charge in [-0.15, -0.1) is 0 Å². The Labute approximate surface area is 175 Å². The van der Waals surface area contributed by atoms with Crippen molar-refractivity contribution < 1.29 is 19.7 Å². The fourth-order valence-corrected chi connectivity index (χ4v) is 6.10. The Morgan fingerprint density at radius 3 is 2.77 bits per heavy atom. The van der Waals surface area contributed by atoms with Crippen molar-refractivity contribution in [2.24, 2.45) is 0 Å². The molecule has 3 aliphatic rings. The van der Waals surface area contributed by atoms with Crippen LogP contribution in [0.4, 0.5) is 0 Å². The summed E-state index contributed by atoms with van der Waals surface area (Å²) in [7, 11) is 5.09. The number of nitrogens with one attached hydrogen (secondary N) is 1. The molecule has 3 N–H and O–H groups in total. The number of aliphatic hydroxyl groups is 2. The molecule has 30 heavy (non-hydrogen) atoms. The van der Waals surface area contributed by atoms with Gasteiger partial charge in [0, 0.05) is 37.1 Å². The summed E-state index contributed by atoms with van der Waals surface area (Å²) in [5.74, 6) is 0.778. The number of hydrogen-bond acceptors (Lipinski definition) is 6. The second kappa shape index (κ2) is 6.65. The Balaban J connectivity index is 1.72. The second-order valence-electron chi connectivity index (χ2n) is 8.98. The average Bonchev–Trinajstić information content (AvgIpc) is 2.73. The van der Waals surface area contributed by atoms with Crippen LogP contribution >= 0.6 is 0 Å². The maximum absolute atomic E-state index is 12.6. The van der Waals surface area contributed by atoms with Gasteiger partial charge in [0.1, 0.15) is 5.75 Å². The van der Waals surface area contributed by atoms with Crippen LogP contribution in [0, 0.1) is 0 Å². The number of aliphatic hydroxyl groups excluding tert-OH is 1. The van der Waals surface area contributed by atoms with Crippen LogP contribution in [0.15, 0.2) is 29.1 Å². The average molecular weight is 412 g/mol. The summed E-state index contributed by atoms with van der Waals surface area (Å²) in [6.45, 7) is 0.879. The standard InChI is InChI=1S/C23H28N2O5/c1-25-7-6-22-12-18-14(8-16(20(26)24-18)21(27)30-3)11-23(22,28)19(25)9-13-4-5-15(29-2)10-17(13)22/h4-5,8,10,19,21,27-28H,6-7,9,11-12H2,1-3H3,(H,24,26)/t19-,21?,22-,23-/m1/s1. The van der Waals surface area contributed by atoms with Crippen LogP contribution in [-0.2, 0) is 29.4 Å². The lowest BCUT2D eigenvalue weighted by molar-refractivity contribution is -0.145. The van der Waals surface area contributed by atoms with Crippen LogP contribution in [-0.4, -0.2) is 59.6 Å². The molecule has 1 unspecified atom stereocenters. The van der Waals surface area contributed by atoms with Gasteiger partial charge in [0.15, 0.2) is 6.29 Å². The van der Waals surface area contributed by atoms with E-state index in [2.05, 4.69) is 29.1 Å². The zero-order valence-corrected chi connectivity index (χ0v) is 17.6. The van der Waals surface area contributed by atoms with E-state index in [-0.39, 0.29) is 17.2 Å². The maximum Gasteiger partial charge on any atom is 0.256 e. The normalized spacial score (nSPS) is 30.8. The quantitative estimate of drug-likeness (QED) is 0.653. The highest BCUT2D eigenvalue weighted by atomic mass is 16.6. The van der Waals surface area contributed by atoms with Gasteiger partial charge in [-0.2, -0.15) is 0 Å². The molecule has 7 heteroatoms. The van der Waals surface area contributed by atoms with Crippen LogP contribution < -0.4 is 10.3 Å². The molecule has 160 valence electrons. The molecule has 2 bridgehead atoms. The molecule has 1 aliphatic heterocycles. The summed E-state index contributed by atoms with van der Waals surface area (Å²) in [5, 5.41) is 22.3. The Bertz CT molecular complexity index is 1070. The van der Waals surface area contributed by atoms with Crippen LogP contribution in [0.5, 0.6) is 5.75 Å². The number of nitrogens with zero attached hydrogens (tertiary/aromatic N) is 1. The van der Waals surface area contributed by atoms with Crippen molar-refractivity contribution in [3.8, 4) is 5.75 Å². The van der Waals surface area contributed by atoms with Crippen molar-refractivity contribution in [1.82, 2.24) is 9.88 Å². The van der Waals surface area contributed by atoms with Crippen molar-refractivity contribution in [2.75, 3.05) is 27.8 Å². The summed E-state index contributed by atoms with van der Waals surface area (Å²) in [5.41, 5.74) is 2.39. The van der Waals surface area contributed by atoms with Gasteiger partial charge in [0.2, 0.25) is 0 Å². The molecule has 1 fully saturated rings. The van der Waals surface area contributed by atoms with E-state index in [9.17, 15) is 15.0 Å². The first kappa shape index (κ1) is 19.8. The number of benzene rings is 1. The lowest BCUT2D eigenvalue weighted by atomic mass is 9.49. The number of ether oxygens (including phenoxy) is 2. The first-order chi connectivity index (χ1) is 14.3. The van der Waals surface area contributed by atoms with E-state index in [1.54, 1.807) is 13.2 Å². The van der Waals surface area contributed by atoms with Crippen molar-refractivity contribution >= 4 is 0 Å². The summed E-state index contributed by atoms with van der Waals surface area (Å²) in [6.07, 6.45) is 1.22. The predicted octanol–water partition coefficient (Wildman–Crippen LogP) is 1.05. The highest BCUT2D eigenvalue weighted by Crippen LogP contribution is 2.56. The van der Waals surface area contributed by atoms with Gasteiger partial charge in [0.25, 0.3) is 5.56 Å². The van der Waals surface area contributed by atoms with Gasteiger partial charge < -0.3 is 29.6 Å². The van der Waals surface area contributed by atoms with Crippen LogP contribution in [0.2, 0.25) is 0 Å². The third-order valence-corrected chi connectivity index (χ3v) is 7.72. The first-order valence-corrected chi connectivity index (χ1v) is 10.4. The van der Waals surface area contributed by atoms with Crippen molar-refractivity contribution in [3.05, 3.63) is 62.6 Å². The summed E-state index contributed by atoms with van der Waals surface area (Å²) >= 11 is 0. The van der Waals surface area contributed by atoms with E-state index >= 15 is 0 Å². The van der Waals surface area contributed by atoms with Crippen LogP contribution in [0.1, 0.15) is 40.7 Å². The molecule has 5 rings (SSSR count).